The van der Waals surface area contributed by atoms with Crippen LogP contribution in [0.2, 0.25) is 0 Å². The van der Waals surface area contributed by atoms with Crippen molar-refractivity contribution in [1.29, 1.82) is 0 Å². The van der Waals surface area contributed by atoms with Crippen molar-refractivity contribution in [2.75, 3.05) is 11.9 Å². The van der Waals surface area contributed by atoms with Gasteiger partial charge in [0.2, 0.25) is 0 Å². The molecule has 0 fully saturated rings. The van der Waals surface area contributed by atoms with Crippen molar-refractivity contribution in [1.82, 2.24) is 0 Å². The molecule has 0 unspecified atom stereocenters. The van der Waals surface area contributed by atoms with Crippen molar-refractivity contribution in [3.8, 4) is 0 Å². The predicted molar refractivity (Wildman–Crippen MR) is 75.1 cm³/mol. The van der Waals surface area contributed by atoms with Gasteiger partial charge in [0.15, 0.2) is 0 Å². The molecule has 2 nitrogen and oxygen atoms in total. The van der Waals surface area contributed by atoms with Crippen molar-refractivity contribution in [2.45, 2.75) is 33.1 Å². The van der Waals surface area contributed by atoms with Crippen LogP contribution in [0.3, 0.4) is 0 Å². The maximum absolute atomic E-state index is 5.71. The topological polar surface area (TPSA) is 38.0 Å². The summed E-state index contributed by atoms with van der Waals surface area (Å²) in [5.74, 6) is 0. The summed E-state index contributed by atoms with van der Waals surface area (Å²) >= 11 is 5.05. The smallest absolute Gasteiger partial charge is 0.106 e. The molecule has 0 saturated carbocycles. The average Bonchev–Trinajstić information content (AvgIpc) is 2.25. The van der Waals surface area contributed by atoms with Gasteiger partial charge in [-0.15, -0.1) is 0 Å². The van der Waals surface area contributed by atoms with E-state index in [-0.39, 0.29) is 0 Å². The number of nitrogens with two attached hydrogens (primary N) is 1. The minimum absolute atomic E-state index is 0.460. The zero-order valence-corrected chi connectivity index (χ0v) is 10.9. The van der Waals surface area contributed by atoms with Crippen LogP contribution in [0.25, 0.3) is 0 Å². The van der Waals surface area contributed by atoms with E-state index in [4.69, 9.17) is 18.0 Å². The number of hydrogen-bond donors (Lipinski definition) is 2. The molecule has 3 heteroatoms. The molecule has 3 N–H and O–H groups in total. The van der Waals surface area contributed by atoms with E-state index in [0.29, 0.717) is 4.99 Å². The number of anilines is 1. The Kier molecular flexibility index (Phi) is 5.26. The number of benzene rings is 1. The summed E-state index contributed by atoms with van der Waals surface area (Å²) in [4.78, 5) is 0.460. The molecule has 0 heterocycles. The highest BCUT2D eigenvalue weighted by Crippen LogP contribution is 2.20. The van der Waals surface area contributed by atoms with Crippen LogP contribution in [0.5, 0.6) is 0 Å². The fraction of sp³-hybridized carbons (Fsp3) is 0.462. The summed E-state index contributed by atoms with van der Waals surface area (Å²) in [6, 6.07) is 6.03. The predicted octanol–water partition coefficient (Wildman–Crippen LogP) is 3.23. The first-order valence-corrected chi connectivity index (χ1v) is 6.21. The average molecular weight is 236 g/mol. The van der Waals surface area contributed by atoms with Crippen LogP contribution in [-0.4, -0.2) is 11.5 Å². The largest absolute Gasteiger partial charge is 0.389 e. The molecule has 0 atom stereocenters. The van der Waals surface area contributed by atoms with Gasteiger partial charge in [-0.25, -0.2) is 0 Å². The van der Waals surface area contributed by atoms with Gasteiger partial charge in [-0.05, 0) is 25.0 Å². The minimum atomic E-state index is 0.460. The number of unbranched alkanes of at least 4 members (excludes halogenated alkanes) is 2. The van der Waals surface area contributed by atoms with E-state index in [0.717, 1.165) is 17.8 Å². The van der Waals surface area contributed by atoms with Gasteiger partial charge in [0.1, 0.15) is 4.99 Å². The lowest BCUT2D eigenvalue weighted by atomic mass is 10.1. The first-order valence-electron chi connectivity index (χ1n) is 5.80. The Morgan fingerprint density at radius 2 is 2.12 bits per heavy atom. The van der Waals surface area contributed by atoms with Crippen molar-refractivity contribution >= 4 is 22.9 Å². The fourth-order valence-corrected chi connectivity index (χ4v) is 1.87. The van der Waals surface area contributed by atoms with E-state index in [1.807, 2.05) is 12.1 Å². The van der Waals surface area contributed by atoms with Crippen LogP contribution in [0.1, 0.15) is 37.3 Å². The second kappa shape index (κ2) is 6.48. The number of rotatable bonds is 6. The summed E-state index contributed by atoms with van der Waals surface area (Å²) in [6.07, 6.45) is 3.67. The van der Waals surface area contributed by atoms with Crippen LogP contribution >= 0.6 is 12.2 Å². The van der Waals surface area contributed by atoms with Crippen molar-refractivity contribution in [2.24, 2.45) is 5.73 Å². The highest BCUT2D eigenvalue weighted by Gasteiger charge is 2.06. The lowest BCUT2D eigenvalue weighted by Gasteiger charge is -2.13. The molecular formula is C13H20N2S. The zero-order chi connectivity index (χ0) is 12.0. The maximum atomic E-state index is 5.71. The molecule has 88 valence electrons. The molecule has 0 bridgehead atoms. The lowest BCUT2D eigenvalue weighted by molar-refractivity contribution is 0.743. The third-order valence-electron chi connectivity index (χ3n) is 2.62. The Morgan fingerprint density at radius 1 is 1.38 bits per heavy atom. The fourth-order valence-electron chi connectivity index (χ4n) is 1.70. The molecular weight excluding hydrogens is 216 g/mol. The number of aryl methyl sites for hydroxylation is 1. The molecule has 0 aliphatic rings. The summed E-state index contributed by atoms with van der Waals surface area (Å²) in [5.41, 5.74) is 8.94. The van der Waals surface area contributed by atoms with Crippen LogP contribution in [0.15, 0.2) is 18.2 Å². The molecule has 1 aromatic carbocycles. The van der Waals surface area contributed by atoms with Crippen molar-refractivity contribution in [3.63, 3.8) is 0 Å². The monoisotopic (exact) mass is 236 g/mol. The molecule has 0 aliphatic carbocycles. The van der Waals surface area contributed by atoms with Crippen LogP contribution < -0.4 is 11.1 Å². The van der Waals surface area contributed by atoms with E-state index >= 15 is 0 Å². The normalized spacial score (nSPS) is 10.1. The quantitative estimate of drug-likeness (QED) is 0.588. The Morgan fingerprint density at radius 3 is 2.75 bits per heavy atom. The Balaban J connectivity index is 2.73. The van der Waals surface area contributed by atoms with Gasteiger partial charge < -0.3 is 11.1 Å². The zero-order valence-electron chi connectivity index (χ0n) is 10.0. The standard InChI is InChI=1S/C13H20N2S/c1-3-4-5-9-15-12-10(2)7-6-8-11(12)13(14)16/h6-8,15H,3-5,9H2,1-2H3,(H2,14,16). The van der Waals surface area contributed by atoms with E-state index in [1.165, 1.54) is 24.8 Å². The van der Waals surface area contributed by atoms with Gasteiger partial charge >= 0.3 is 0 Å². The van der Waals surface area contributed by atoms with E-state index in [2.05, 4.69) is 25.2 Å². The highest BCUT2D eigenvalue weighted by molar-refractivity contribution is 7.80. The highest BCUT2D eigenvalue weighted by atomic mass is 32.1. The molecule has 0 aliphatic heterocycles. The SMILES string of the molecule is CCCCCNc1c(C)cccc1C(N)=S. The Hall–Kier alpha value is -1.09. The van der Waals surface area contributed by atoms with Gasteiger partial charge in [0.05, 0.1) is 0 Å². The van der Waals surface area contributed by atoms with Gasteiger partial charge in [0.25, 0.3) is 0 Å². The van der Waals surface area contributed by atoms with E-state index in [9.17, 15) is 0 Å². The molecule has 1 rings (SSSR count). The molecule has 0 amide bonds. The Bertz CT molecular complexity index is 361. The minimum Gasteiger partial charge on any atom is -0.389 e. The van der Waals surface area contributed by atoms with Gasteiger partial charge in [0, 0.05) is 17.8 Å². The third kappa shape index (κ3) is 3.49. The number of nitrogens with one attached hydrogen (secondary N) is 1. The number of para-hydroxylation sites is 1. The van der Waals surface area contributed by atoms with Crippen molar-refractivity contribution < 1.29 is 0 Å². The molecule has 16 heavy (non-hydrogen) atoms. The first kappa shape index (κ1) is 13.0. The van der Waals surface area contributed by atoms with E-state index in [1.54, 1.807) is 0 Å². The summed E-state index contributed by atoms with van der Waals surface area (Å²) < 4.78 is 0. The Labute approximate surface area is 103 Å². The second-order valence-corrected chi connectivity index (χ2v) is 4.44. The molecule has 0 saturated heterocycles. The molecule has 0 radical (unpaired) electrons. The summed E-state index contributed by atoms with van der Waals surface area (Å²) in [5, 5.41) is 3.43. The van der Waals surface area contributed by atoms with Gasteiger partial charge in [-0.3, -0.25) is 0 Å². The van der Waals surface area contributed by atoms with Gasteiger partial charge in [-0.2, -0.15) is 0 Å². The van der Waals surface area contributed by atoms with E-state index < -0.39 is 0 Å². The molecule has 0 aromatic heterocycles. The number of thiocarbonyl (C=S) groups is 1. The van der Waals surface area contributed by atoms with Crippen LogP contribution in [-0.2, 0) is 0 Å². The molecule has 0 spiro atoms. The number of hydrogen-bond acceptors (Lipinski definition) is 2. The third-order valence-corrected chi connectivity index (χ3v) is 2.84. The lowest BCUT2D eigenvalue weighted by Crippen LogP contribution is -2.14. The second-order valence-electron chi connectivity index (χ2n) is 4.00. The van der Waals surface area contributed by atoms with Crippen LogP contribution in [0.4, 0.5) is 5.69 Å². The van der Waals surface area contributed by atoms with Gasteiger partial charge in [-0.1, -0.05) is 44.1 Å². The van der Waals surface area contributed by atoms with Crippen molar-refractivity contribution in [3.05, 3.63) is 29.3 Å². The summed E-state index contributed by atoms with van der Waals surface area (Å²) in [6.45, 7) is 5.26. The molecule has 1 aromatic rings. The van der Waals surface area contributed by atoms with Crippen LogP contribution in [0, 0.1) is 6.92 Å². The first-order chi connectivity index (χ1) is 7.66. The summed E-state index contributed by atoms with van der Waals surface area (Å²) in [7, 11) is 0. The maximum Gasteiger partial charge on any atom is 0.106 e.